The quantitative estimate of drug-likeness (QED) is 0.514. The van der Waals surface area contributed by atoms with Crippen LogP contribution in [0.5, 0.6) is 0 Å². The number of hydrogen-bond acceptors (Lipinski definition) is 3. The van der Waals surface area contributed by atoms with Crippen molar-refractivity contribution in [2.75, 3.05) is 24.2 Å². The minimum absolute atomic E-state index is 0.677. The van der Waals surface area contributed by atoms with Gasteiger partial charge in [-0.3, -0.25) is 4.79 Å². The van der Waals surface area contributed by atoms with Gasteiger partial charge in [0.05, 0.1) is 5.69 Å². The van der Waals surface area contributed by atoms with E-state index in [1.54, 1.807) is 6.07 Å². The molecule has 0 aromatic heterocycles. The molecule has 0 fully saturated rings. The molecule has 0 saturated heterocycles. The summed E-state index contributed by atoms with van der Waals surface area (Å²) in [7, 11) is 2.00. The first-order valence-corrected chi connectivity index (χ1v) is 4.31. The predicted molar refractivity (Wildman–Crippen MR) is 53.2 cm³/mol. The first-order valence-electron chi connectivity index (χ1n) is 4.31. The van der Waals surface area contributed by atoms with Crippen LogP contribution >= 0.6 is 0 Å². The normalized spacial score (nSPS) is 14.4. The van der Waals surface area contributed by atoms with Gasteiger partial charge in [-0.05, 0) is 24.1 Å². The number of benzene rings is 1. The average molecular weight is 176 g/mol. The highest BCUT2D eigenvalue weighted by atomic mass is 16.1. The number of anilines is 2. The zero-order valence-electron chi connectivity index (χ0n) is 7.58. The van der Waals surface area contributed by atoms with Gasteiger partial charge in [0.2, 0.25) is 0 Å². The van der Waals surface area contributed by atoms with Gasteiger partial charge in [0.25, 0.3) is 0 Å². The van der Waals surface area contributed by atoms with Crippen LogP contribution < -0.4 is 10.6 Å². The molecule has 2 rings (SSSR count). The maximum Gasteiger partial charge on any atom is 0.152 e. The molecule has 0 atom stereocenters. The number of fused-ring (bicyclic) bond motifs is 1. The van der Waals surface area contributed by atoms with E-state index < -0.39 is 0 Å². The van der Waals surface area contributed by atoms with Crippen molar-refractivity contribution in [2.45, 2.75) is 6.42 Å². The molecule has 0 radical (unpaired) electrons. The van der Waals surface area contributed by atoms with E-state index in [0.717, 1.165) is 24.9 Å². The Hall–Kier alpha value is -1.51. The molecule has 1 aliphatic heterocycles. The molecular weight excluding hydrogens is 164 g/mol. The Morgan fingerprint density at radius 3 is 3.00 bits per heavy atom. The summed E-state index contributed by atoms with van der Waals surface area (Å²) >= 11 is 0. The summed E-state index contributed by atoms with van der Waals surface area (Å²) in [4.78, 5) is 12.9. The van der Waals surface area contributed by atoms with E-state index in [9.17, 15) is 4.79 Å². The van der Waals surface area contributed by atoms with E-state index in [2.05, 4.69) is 4.90 Å². The Kier molecular flexibility index (Phi) is 1.72. The van der Waals surface area contributed by atoms with E-state index in [0.29, 0.717) is 11.3 Å². The van der Waals surface area contributed by atoms with Crippen LogP contribution in [0, 0.1) is 0 Å². The highest BCUT2D eigenvalue weighted by Crippen LogP contribution is 2.31. The van der Waals surface area contributed by atoms with Crippen LogP contribution in [-0.2, 0) is 6.42 Å². The largest absolute Gasteiger partial charge is 0.399 e. The monoisotopic (exact) mass is 176 g/mol. The van der Waals surface area contributed by atoms with Crippen molar-refractivity contribution in [1.82, 2.24) is 0 Å². The zero-order valence-corrected chi connectivity index (χ0v) is 7.58. The number of likely N-dealkylation sites (N-methyl/N-ethyl adjacent to an activating group) is 1. The molecule has 1 aromatic rings. The number of hydrogen-bond donors (Lipinski definition) is 1. The molecule has 3 nitrogen and oxygen atoms in total. The van der Waals surface area contributed by atoms with E-state index in [4.69, 9.17) is 5.73 Å². The molecule has 2 N–H and O–H groups in total. The Morgan fingerprint density at radius 2 is 2.31 bits per heavy atom. The maximum absolute atomic E-state index is 10.8. The Balaban J connectivity index is 2.64. The Morgan fingerprint density at radius 1 is 1.54 bits per heavy atom. The number of carbonyl (C=O) groups excluding carboxylic acids is 1. The second-order valence-electron chi connectivity index (χ2n) is 3.41. The van der Waals surface area contributed by atoms with Crippen molar-refractivity contribution in [3.63, 3.8) is 0 Å². The standard InChI is InChI=1S/C10H12N2O/c1-12-3-2-7-4-9(11)5-8(6-13)10(7)12/h4-6H,2-3,11H2,1H3. The predicted octanol–water partition coefficient (Wildman–Crippen LogP) is 1.07. The van der Waals surface area contributed by atoms with Gasteiger partial charge in [-0.15, -0.1) is 0 Å². The van der Waals surface area contributed by atoms with Crippen molar-refractivity contribution in [2.24, 2.45) is 0 Å². The summed E-state index contributed by atoms with van der Waals surface area (Å²) in [6.45, 7) is 0.972. The molecule has 13 heavy (non-hydrogen) atoms. The summed E-state index contributed by atoms with van der Waals surface area (Å²) in [6, 6.07) is 3.68. The Labute approximate surface area is 77.1 Å². The van der Waals surface area contributed by atoms with Crippen LogP contribution in [0.3, 0.4) is 0 Å². The van der Waals surface area contributed by atoms with Crippen molar-refractivity contribution in [1.29, 1.82) is 0 Å². The van der Waals surface area contributed by atoms with Crippen molar-refractivity contribution in [3.05, 3.63) is 23.3 Å². The van der Waals surface area contributed by atoms with Crippen molar-refractivity contribution < 1.29 is 4.79 Å². The zero-order chi connectivity index (χ0) is 9.42. The first-order chi connectivity index (χ1) is 6.22. The van der Waals surface area contributed by atoms with Crippen LogP contribution in [0.15, 0.2) is 12.1 Å². The number of nitrogens with two attached hydrogens (primary N) is 1. The fourth-order valence-corrected chi connectivity index (χ4v) is 1.89. The average Bonchev–Trinajstić information content (AvgIpc) is 2.46. The number of nitrogens with zero attached hydrogens (tertiary/aromatic N) is 1. The minimum Gasteiger partial charge on any atom is -0.399 e. The fraction of sp³-hybridized carbons (Fsp3) is 0.300. The van der Waals surface area contributed by atoms with Gasteiger partial charge in [-0.2, -0.15) is 0 Å². The summed E-state index contributed by atoms with van der Waals surface area (Å²) in [6.07, 6.45) is 1.86. The number of carbonyl (C=O) groups is 1. The van der Waals surface area contributed by atoms with E-state index >= 15 is 0 Å². The molecule has 1 aromatic carbocycles. The molecule has 3 heteroatoms. The second kappa shape index (κ2) is 2.76. The van der Waals surface area contributed by atoms with Crippen molar-refractivity contribution in [3.8, 4) is 0 Å². The minimum atomic E-state index is 0.677. The molecular formula is C10H12N2O. The molecule has 68 valence electrons. The van der Waals surface area contributed by atoms with Crippen molar-refractivity contribution >= 4 is 17.7 Å². The van der Waals surface area contributed by atoms with Crippen LogP contribution in [-0.4, -0.2) is 19.9 Å². The topological polar surface area (TPSA) is 46.3 Å². The number of aldehydes is 1. The molecule has 0 unspecified atom stereocenters. The van der Waals surface area contributed by atoms with Crippen LogP contribution in [0.2, 0.25) is 0 Å². The lowest BCUT2D eigenvalue weighted by molar-refractivity contribution is 0.112. The molecule has 0 bridgehead atoms. The van der Waals surface area contributed by atoms with Crippen LogP contribution in [0.1, 0.15) is 15.9 Å². The lowest BCUT2D eigenvalue weighted by atomic mass is 10.1. The Bertz CT molecular complexity index is 360. The third-order valence-corrected chi connectivity index (χ3v) is 2.47. The maximum atomic E-state index is 10.8. The van der Waals surface area contributed by atoms with Gasteiger partial charge in [-0.25, -0.2) is 0 Å². The molecule has 0 amide bonds. The molecule has 0 aliphatic carbocycles. The highest BCUT2D eigenvalue weighted by molar-refractivity contribution is 5.89. The first kappa shape index (κ1) is 8.10. The lowest BCUT2D eigenvalue weighted by Gasteiger charge is -2.14. The lowest BCUT2D eigenvalue weighted by Crippen LogP contribution is -2.14. The summed E-state index contributed by atoms with van der Waals surface area (Å²) in [5, 5.41) is 0. The third kappa shape index (κ3) is 1.16. The molecule has 1 aliphatic rings. The number of nitrogen functional groups attached to an aromatic ring is 1. The summed E-state index contributed by atoms with van der Waals surface area (Å²) in [5.41, 5.74) is 9.29. The van der Waals surface area contributed by atoms with Crippen LogP contribution in [0.25, 0.3) is 0 Å². The van der Waals surface area contributed by atoms with Crippen LogP contribution in [0.4, 0.5) is 11.4 Å². The van der Waals surface area contributed by atoms with Gasteiger partial charge < -0.3 is 10.6 Å². The second-order valence-corrected chi connectivity index (χ2v) is 3.41. The highest BCUT2D eigenvalue weighted by Gasteiger charge is 2.19. The smallest absolute Gasteiger partial charge is 0.152 e. The number of rotatable bonds is 1. The van der Waals surface area contributed by atoms with Gasteiger partial charge in [0, 0.05) is 24.8 Å². The summed E-state index contributed by atoms with van der Waals surface area (Å²) in [5.74, 6) is 0. The van der Waals surface area contributed by atoms with Gasteiger partial charge in [-0.1, -0.05) is 0 Å². The third-order valence-electron chi connectivity index (χ3n) is 2.47. The van der Waals surface area contributed by atoms with Gasteiger partial charge >= 0.3 is 0 Å². The van der Waals surface area contributed by atoms with E-state index in [1.807, 2.05) is 13.1 Å². The fourth-order valence-electron chi connectivity index (χ4n) is 1.89. The summed E-state index contributed by atoms with van der Waals surface area (Å²) < 4.78 is 0. The molecule has 1 heterocycles. The SMILES string of the molecule is CN1CCc2cc(N)cc(C=O)c21. The molecule has 0 saturated carbocycles. The van der Waals surface area contributed by atoms with E-state index in [1.165, 1.54) is 5.56 Å². The van der Waals surface area contributed by atoms with Gasteiger partial charge in [0.15, 0.2) is 6.29 Å². The van der Waals surface area contributed by atoms with E-state index in [-0.39, 0.29) is 0 Å². The van der Waals surface area contributed by atoms with Gasteiger partial charge in [0.1, 0.15) is 0 Å². The molecule has 0 spiro atoms.